The van der Waals surface area contributed by atoms with Gasteiger partial charge in [-0.25, -0.2) is 0 Å². The Morgan fingerprint density at radius 2 is 2.06 bits per heavy atom. The van der Waals surface area contributed by atoms with Crippen molar-refractivity contribution in [3.63, 3.8) is 0 Å². The summed E-state index contributed by atoms with van der Waals surface area (Å²) >= 11 is 0. The summed E-state index contributed by atoms with van der Waals surface area (Å²) < 4.78 is 0. The summed E-state index contributed by atoms with van der Waals surface area (Å²) in [5, 5.41) is 19.1. The maximum Gasteiger partial charge on any atom is 0.376 e. The molecule has 1 heterocycles. The van der Waals surface area contributed by atoms with Gasteiger partial charge < -0.3 is 14.9 Å². The summed E-state index contributed by atoms with van der Waals surface area (Å²) in [6.45, 7) is 3.64. The van der Waals surface area contributed by atoms with Crippen molar-refractivity contribution in [2.75, 3.05) is 19.7 Å². The van der Waals surface area contributed by atoms with E-state index >= 15 is 0 Å². The van der Waals surface area contributed by atoms with E-state index in [4.69, 9.17) is 0 Å². The van der Waals surface area contributed by atoms with E-state index in [0.717, 1.165) is 19.5 Å². The Balaban J connectivity index is 2.10. The van der Waals surface area contributed by atoms with E-state index < -0.39 is 7.05 Å². The van der Waals surface area contributed by atoms with E-state index in [0.29, 0.717) is 5.92 Å². The lowest BCUT2D eigenvalue weighted by Crippen LogP contribution is -2.47. The van der Waals surface area contributed by atoms with Crippen LogP contribution in [0.2, 0.25) is 6.82 Å². The molecule has 0 amide bonds. The topological polar surface area (TPSA) is 43.7 Å². The summed E-state index contributed by atoms with van der Waals surface area (Å²) in [5.41, 5.74) is 1.30. The third kappa shape index (κ3) is 2.89. The smallest absolute Gasteiger partial charge is 0.376 e. The lowest BCUT2D eigenvalue weighted by atomic mass is 9.75. The Labute approximate surface area is 103 Å². The van der Waals surface area contributed by atoms with Crippen molar-refractivity contribution in [2.45, 2.75) is 19.2 Å². The molecule has 2 atom stereocenters. The molecule has 17 heavy (non-hydrogen) atoms. The van der Waals surface area contributed by atoms with Gasteiger partial charge in [0.25, 0.3) is 0 Å². The molecule has 1 aliphatic rings. The minimum Gasteiger partial charge on any atom is -0.437 e. The Morgan fingerprint density at radius 1 is 1.35 bits per heavy atom. The second-order valence-corrected chi connectivity index (χ2v) is 4.88. The fourth-order valence-electron chi connectivity index (χ4n) is 2.72. The molecule has 0 aromatic heterocycles. The van der Waals surface area contributed by atoms with Gasteiger partial charge in [0, 0.05) is 12.5 Å². The Bertz CT molecular complexity index is 345. The predicted octanol–water partition coefficient (Wildman–Crippen LogP) is 1.19. The first kappa shape index (κ1) is 12.6. The van der Waals surface area contributed by atoms with Gasteiger partial charge in [0.15, 0.2) is 0 Å². The van der Waals surface area contributed by atoms with Crippen molar-refractivity contribution in [1.29, 1.82) is 0 Å². The predicted molar refractivity (Wildman–Crippen MR) is 69.8 cm³/mol. The fourth-order valence-corrected chi connectivity index (χ4v) is 2.72. The van der Waals surface area contributed by atoms with Crippen LogP contribution in [0, 0.1) is 5.92 Å². The number of hydrogen-bond acceptors (Lipinski definition) is 3. The van der Waals surface area contributed by atoms with E-state index in [1.807, 2.05) is 23.0 Å². The first-order valence-corrected chi connectivity index (χ1v) is 6.30. The molecule has 1 saturated heterocycles. The third-order valence-corrected chi connectivity index (χ3v) is 3.76. The van der Waals surface area contributed by atoms with E-state index in [-0.39, 0.29) is 12.5 Å². The Kier molecular flexibility index (Phi) is 4.21. The molecule has 1 aromatic rings. The number of rotatable bonds is 3. The van der Waals surface area contributed by atoms with Crippen LogP contribution in [0.15, 0.2) is 30.3 Å². The van der Waals surface area contributed by atoms with Gasteiger partial charge in [-0.15, -0.1) is 0 Å². The quantitative estimate of drug-likeness (QED) is 0.771. The number of nitrogens with zero attached hydrogens (tertiary/aromatic N) is 1. The van der Waals surface area contributed by atoms with Gasteiger partial charge in [-0.3, -0.25) is 0 Å². The van der Waals surface area contributed by atoms with Crippen LogP contribution in [0.25, 0.3) is 0 Å². The zero-order chi connectivity index (χ0) is 12.3. The molecule has 0 aliphatic carbocycles. The van der Waals surface area contributed by atoms with Crippen LogP contribution in [0.4, 0.5) is 0 Å². The summed E-state index contributed by atoms with van der Waals surface area (Å²) in [6.07, 6.45) is 1.00. The first-order valence-electron chi connectivity index (χ1n) is 6.30. The molecule has 1 fully saturated rings. The van der Waals surface area contributed by atoms with Gasteiger partial charge in [0.2, 0.25) is 0 Å². The number of benzene rings is 1. The Hall–Kier alpha value is -0.835. The van der Waals surface area contributed by atoms with E-state index in [1.54, 1.807) is 6.82 Å². The second kappa shape index (κ2) is 5.67. The fraction of sp³-hybridized carbons (Fsp3) is 0.538. The highest BCUT2D eigenvalue weighted by molar-refractivity contribution is 6.45. The molecule has 0 spiro atoms. The van der Waals surface area contributed by atoms with E-state index in [1.165, 1.54) is 5.56 Å². The molecule has 3 nitrogen and oxygen atoms in total. The van der Waals surface area contributed by atoms with E-state index in [2.05, 4.69) is 12.1 Å². The van der Waals surface area contributed by atoms with Crippen molar-refractivity contribution in [3.8, 4) is 0 Å². The van der Waals surface area contributed by atoms with Crippen LogP contribution in [-0.2, 0) is 0 Å². The number of piperidine rings is 1. The molecule has 0 saturated carbocycles. The average molecular weight is 233 g/mol. The normalized spacial score (nSPS) is 25.8. The van der Waals surface area contributed by atoms with Crippen molar-refractivity contribution in [3.05, 3.63) is 35.9 Å². The van der Waals surface area contributed by atoms with Gasteiger partial charge in [-0.1, -0.05) is 30.3 Å². The number of hydrogen-bond donors (Lipinski definition) is 2. The SMILES string of the molecule is CB(O)N1CC[C@@H](c2ccccc2)[C@H](CO)C1. The van der Waals surface area contributed by atoms with Gasteiger partial charge >= 0.3 is 7.05 Å². The summed E-state index contributed by atoms with van der Waals surface area (Å²) in [4.78, 5) is 2.03. The van der Waals surface area contributed by atoms with Crippen LogP contribution in [-0.4, -0.2) is 41.7 Å². The highest BCUT2D eigenvalue weighted by atomic mass is 16.3. The molecule has 4 heteroatoms. The molecular weight excluding hydrogens is 213 g/mol. The zero-order valence-electron chi connectivity index (χ0n) is 10.3. The van der Waals surface area contributed by atoms with Crippen LogP contribution in [0.3, 0.4) is 0 Å². The van der Waals surface area contributed by atoms with Crippen LogP contribution in [0.1, 0.15) is 17.9 Å². The summed E-state index contributed by atoms with van der Waals surface area (Å²) in [5.74, 6) is 0.636. The minimum atomic E-state index is -0.416. The molecule has 2 rings (SSSR count). The van der Waals surface area contributed by atoms with Crippen molar-refractivity contribution in [2.24, 2.45) is 5.92 Å². The minimum absolute atomic E-state index is 0.183. The van der Waals surface area contributed by atoms with Crippen molar-refractivity contribution >= 4 is 7.05 Å². The molecule has 1 aliphatic heterocycles. The largest absolute Gasteiger partial charge is 0.437 e. The molecule has 2 N–H and O–H groups in total. The molecule has 0 unspecified atom stereocenters. The molecule has 0 radical (unpaired) electrons. The average Bonchev–Trinajstić information content (AvgIpc) is 2.39. The second-order valence-electron chi connectivity index (χ2n) is 4.88. The van der Waals surface area contributed by atoms with Crippen molar-refractivity contribution < 1.29 is 10.1 Å². The van der Waals surface area contributed by atoms with Crippen LogP contribution >= 0.6 is 0 Å². The monoisotopic (exact) mass is 233 g/mol. The Morgan fingerprint density at radius 3 is 2.65 bits per heavy atom. The summed E-state index contributed by atoms with van der Waals surface area (Å²) in [6, 6.07) is 10.4. The zero-order valence-corrected chi connectivity index (χ0v) is 10.3. The van der Waals surface area contributed by atoms with E-state index in [9.17, 15) is 10.1 Å². The highest BCUT2D eigenvalue weighted by Gasteiger charge is 2.32. The van der Waals surface area contributed by atoms with Crippen LogP contribution in [0.5, 0.6) is 0 Å². The maximum atomic E-state index is 9.59. The number of aliphatic hydroxyl groups is 1. The lowest BCUT2D eigenvalue weighted by Gasteiger charge is -2.38. The lowest BCUT2D eigenvalue weighted by molar-refractivity contribution is 0.136. The standard InChI is InChI=1S/C13H20BNO2/c1-14(17)15-8-7-13(12(9-15)10-16)11-5-3-2-4-6-11/h2-6,12-13,16-17H,7-10H2,1H3/t12-,13-/m0/s1. The van der Waals surface area contributed by atoms with Gasteiger partial charge in [-0.2, -0.15) is 0 Å². The van der Waals surface area contributed by atoms with Gasteiger partial charge in [0.05, 0.1) is 0 Å². The first-order chi connectivity index (χ1) is 8.22. The molecular formula is C13H20BNO2. The van der Waals surface area contributed by atoms with Crippen LogP contribution < -0.4 is 0 Å². The number of aliphatic hydroxyl groups excluding tert-OH is 1. The molecule has 92 valence electrons. The molecule has 0 bridgehead atoms. The third-order valence-electron chi connectivity index (χ3n) is 3.76. The van der Waals surface area contributed by atoms with Crippen molar-refractivity contribution in [1.82, 2.24) is 4.81 Å². The van der Waals surface area contributed by atoms with Gasteiger partial charge in [-0.05, 0) is 37.8 Å². The maximum absolute atomic E-state index is 9.59. The highest BCUT2D eigenvalue weighted by Crippen LogP contribution is 2.32. The van der Waals surface area contributed by atoms with Gasteiger partial charge in [0.1, 0.15) is 0 Å². The summed E-state index contributed by atoms with van der Waals surface area (Å²) in [7, 11) is -0.416. The molecule has 1 aromatic carbocycles.